The molecule has 796 valence electrons. The van der Waals surface area contributed by atoms with Crippen molar-refractivity contribution >= 4 is 59.2 Å². The molecule has 0 atom stereocenters. The van der Waals surface area contributed by atoms with E-state index in [0.29, 0.717) is 135 Å². The maximum absolute atomic E-state index is 13.4. The Kier molecular flexibility index (Phi) is 36.2. The summed E-state index contributed by atoms with van der Waals surface area (Å²) in [5, 5.41) is 73.0. The van der Waals surface area contributed by atoms with E-state index in [1.54, 1.807) is 55.6 Å². The fourth-order valence-electron chi connectivity index (χ4n) is 17.9. The minimum absolute atomic E-state index is 0.0503. The third-order valence-electron chi connectivity index (χ3n) is 25.3. The van der Waals surface area contributed by atoms with Gasteiger partial charge in [-0.2, -0.15) is 65.8 Å². The molecule has 37 nitrogen and oxygen atoms in total. The number of halogens is 13. The van der Waals surface area contributed by atoms with Gasteiger partial charge in [-0.3, -0.25) is 0 Å². The summed E-state index contributed by atoms with van der Waals surface area (Å²) in [7, 11) is 1.60. The van der Waals surface area contributed by atoms with Crippen LogP contribution < -0.4 is 31.9 Å². The highest BCUT2D eigenvalue weighted by Crippen LogP contribution is 2.41. The third kappa shape index (κ3) is 31.7. The minimum atomic E-state index is -2.63. The number of nitrogens with zero attached hydrogens (tertiary/aromatic N) is 25. The number of esters is 1. The number of nitriles is 1. The van der Waals surface area contributed by atoms with Gasteiger partial charge in [0.05, 0.1) is 65.4 Å². The number of anilines is 6. The molecule has 18 rings (SSSR count). The van der Waals surface area contributed by atoms with Crippen LogP contribution >= 0.6 is 11.6 Å². The molecule has 0 radical (unpaired) electrons. The van der Waals surface area contributed by atoms with Crippen LogP contribution in [0.1, 0.15) is 267 Å². The Hall–Kier alpha value is -13.7. The molecule has 0 bridgehead atoms. The number of aryl methyl sites for hydroxylation is 12. The Morgan fingerprint density at radius 3 is 0.845 bits per heavy atom. The van der Waals surface area contributed by atoms with Crippen LogP contribution in [0.5, 0.6) is 0 Å². The van der Waals surface area contributed by atoms with Crippen LogP contribution in [-0.2, 0) is 22.7 Å². The largest absolute Gasteiger partial charge is 0.477 e. The molecule has 6 saturated carbocycles. The fourth-order valence-corrected chi connectivity index (χ4v) is 18.0. The van der Waals surface area contributed by atoms with Crippen LogP contribution in [0.15, 0.2) is 72.8 Å². The predicted octanol–water partition coefficient (Wildman–Crippen LogP) is 19.7. The van der Waals surface area contributed by atoms with Crippen molar-refractivity contribution in [3.63, 3.8) is 0 Å². The number of carbonyl (C=O) groups excluding carboxylic acids is 1. The van der Waals surface area contributed by atoms with E-state index < -0.39 is 47.5 Å². The summed E-state index contributed by atoms with van der Waals surface area (Å²) in [5.74, 6) is -12.6. The number of carboxylic acid groups (broad SMARTS) is 1. The SMILES string of the molecule is CCOC(=O)c1cc(-n2nc(C)cc2C)nc(NC2CCC(F)(F)CC2)n1.COCc1cc(-n2nc(C)cc2C)nc(NC2CCC(F)(F)CC2)n1.Cc1cc(C)n(-c2cc(C#N)nc(NC3CCC(F)(F)CC3)n2)n1.Cc1cc(C)n(-c2cc(C(=O)O)nc(NC3CCC(F)(F)CC3)n2)n1.Cc1cc(C)n(-c2cc(CO)nc(NC3CCC(F)(F)CC3)n2)n1.Cc1cc(C)n(-c2cc(Cl)nc(NC3CCC(F)(F)CC3)n2)n1. The van der Waals surface area contributed by atoms with Crippen molar-refractivity contribution in [3.8, 4) is 41.0 Å². The summed E-state index contributed by atoms with van der Waals surface area (Å²) in [6, 6.07) is 22.3. The zero-order chi connectivity index (χ0) is 107. The highest BCUT2D eigenvalue weighted by Gasteiger charge is 2.42. The average Bonchev–Trinajstić information content (AvgIpc) is 1.55. The van der Waals surface area contributed by atoms with Gasteiger partial charge < -0.3 is 51.6 Å². The molecule has 6 fully saturated rings. The van der Waals surface area contributed by atoms with Crippen molar-refractivity contribution in [3.05, 3.63) is 175 Å². The van der Waals surface area contributed by atoms with Crippen molar-refractivity contribution < 1.29 is 82.0 Å². The van der Waals surface area contributed by atoms with E-state index in [4.69, 9.17) is 21.1 Å². The van der Waals surface area contributed by atoms with E-state index in [2.05, 4.69) is 122 Å². The summed E-state index contributed by atoms with van der Waals surface area (Å²) in [6.07, 6.45) is 2.47. The Morgan fingerprint density at radius 2 is 0.588 bits per heavy atom. The molecule has 12 aromatic heterocycles. The number of aliphatic hydroxyl groups excluding tert-OH is 1. The first kappa shape index (κ1) is 112. The Balaban J connectivity index is 0.000000148. The van der Waals surface area contributed by atoms with Gasteiger partial charge >= 0.3 is 11.9 Å². The lowest BCUT2D eigenvalue weighted by Gasteiger charge is -2.28. The quantitative estimate of drug-likeness (QED) is 0.0158. The van der Waals surface area contributed by atoms with Gasteiger partial charge in [0.25, 0.3) is 0 Å². The monoisotopic (exact) mass is 2090 g/mol. The smallest absolute Gasteiger partial charge is 0.357 e. The third-order valence-corrected chi connectivity index (χ3v) is 25.5. The Bertz CT molecular complexity index is 6580. The fraction of sp³-hybridized carbons (Fsp3) is 0.541. The molecule has 0 unspecified atom stereocenters. The van der Waals surface area contributed by atoms with E-state index in [1.807, 2.05) is 132 Å². The van der Waals surface area contributed by atoms with Crippen LogP contribution in [0, 0.1) is 94.4 Å². The van der Waals surface area contributed by atoms with Crippen molar-refractivity contribution in [2.24, 2.45) is 0 Å². The maximum atomic E-state index is 13.4. The number of aromatic carboxylic acids is 1. The van der Waals surface area contributed by atoms with Gasteiger partial charge in [0.1, 0.15) is 16.9 Å². The first-order valence-corrected chi connectivity index (χ1v) is 49.3. The second kappa shape index (κ2) is 48.1. The topological polar surface area (TPSA) is 451 Å². The minimum Gasteiger partial charge on any atom is -0.477 e. The number of rotatable bonds is 24. The summed E-state index contributed by atoms with van der Waals surface area (Å²) in [6.45, 7) is 24.7. The number of alkyl halides is 12. The lowest BCUT2D eigenvalue weighted by molar-refractivity contribution is -0.0366. The normalized spacial score (nSPS) is 17.6. The van der Waals surface area contributed by atoms with Crippen LogP contribution in [0.2, 0.25) is 5.15 Å². The van der Waals surface area contributed by atoms with Gasteiger partial charge in [-0.25, -0.2) is 120 Å². The zero-order valence-corrected chi connectivity index (χ0v) is 85.4. The van der Waals surface area contributed by atoms with Crippen LogP contribution in [0.25, 0.3) is 34.9 Å². The van der Waals surface area contributed by atoms with Crippen molar-refractivity contribution in [2.75, 3.05) is 45.6 Å². The molecule has 148 heavy (non-hydrogen) atoms. The molecule has 0 aromatic carbocycles. The lowest BCUT2D eigenvalue weighted by atomic mass is 9.92. The van der Waals surface area contributed by atoms with Gasteiger partial charge in [0.15, 0.2) is 46.3 Å². The summed E-state index contributed by atoms with van der Waals surface area (Å²) < 4.78 is 180. The number of aliphatic hydroxyl groups is 1. The first-order valence-electron chi connectivity index (χ1n) is 48.9. The second-order valence-electron chi connectivity index (χ2n) is 38.2. The van der Waals surface area contributed by atoms with Crippen LogP contribution in [-0.4, -0.2) is 226 Å². The number of nitrogens with one attached hydrogen (secondary N) is 6. The highest BCUT2D eigenvalue weighted by molar-refractivity contribution is 6.29. The van der Waals surface area contributed by atoms with Crippen LogP contribution in [0.4, 0.5) is 88.4 Å². The molecule has 0 saturated heterocycles. The van der Waals surface area contributed by atoms with E-state index in [-0.39, 0.29) is 179 Å². The molecule has 6 aliphatic rings. The molecule has 8 N–H and O–H groups in total. The molecule has 0 aliphatic heterocycles. The van der Waals surface area contributed by atoms with Gasteiger partial charge in [0, 0.05) is 191 Å². The van der Waals surface area contributed by atoms with E-state index in [1.165, 1.54) is 16.8 Å². The standard InChI is InChI=1S/C18H23F2N5O2.C17H23F2N5O.C16H18F2N6.C16H19F2N5O2.C16H21F2N5O.C15H18ClF2N5/c1-4-27-16(26)14-10-15(25-12(3)9-11(2)24-25)23-17(22-14)21-13-5-7-18(19,20)8-6-13;1-11-8-12(2)24(23-11)15-9-14(10-25-3)21-16(22-15)20-13-4-6-17(18,19)7-5-13;1-10-7-11(2)24(23-10)14-8-13(9-19)21-15(22-14)20-12-3-5-16(17,18)6-4-12;1-9-7-10(2)23(22-9)13-8-12(14(24)25)20-15(21-13)19-11-3-5-16(17,18)6-4-11;1-10-7-11(2)23(22-10)14-8-13(9-24)20-15(21-14)19-12-3-5-16(17,18)6-4-12;1-9-7-10(2)23(22-9)13-8-12(16)20-14(21-13)19-11-3-5-15(17,18)6-4-11/h9-10,13H,4-8H2,1-3H3,(H,21,22,23);8-9,13H,4-7,10H2,1-3H3,(H,20,21,22);7-8,12H,3-6H2,1-2H3,(H,20,21,22);7-8,11H,3-6H2,1-2H3,(H,24,25)(H,19,20,21);7-8,12,24H,3-6,9H2,1-2H3,(H,19,20,21);7-8,11H,3-6H2,1-2H3,(H,19,20,21). The summed E-state index contributed by atoms with van der Waals surface area (Å²) in [5.41, 5.74) is 11.7. The van der Waals surface area contributed by atoms with Gasteiger partial charge in [-0.1, -0.05) is 11.6 Å². The molecular formula is C98H122ClF12N31O6. The van der Waals surface area contributed by atoms with Crippen molar-refractivity contribution in [2.45, 2.75) is 329 Å². The Morgan fingerprint density at radius 1 is 0.351 bits per heavy atom. The molecule has 12 heterocycles. The van der Waals surface area contributed by atoms with Crippen molar-refractivity contribution in [1.29, 1.82) is 5.26 Å². The molecule has 0 amide bonds. The van der Waals surface area contributed by atoms with Crippen molar-refractivity contribution in [1.82, 2.24) is 118 Å². The summed E-state index contributed by atoms with van der Waals surface area (Å²) in [4.78, 5) is 75.2. The number of methoxy groups -OCH3 is 1. The number of carbonyl (C=O) groups is 2. The number of hydrogen-bond donors (Lipinski definition) is 8. The molecule has 6 aliphatic carbocycles. The van der Waals surface area contributed by atoms with Gasteiger partial charge in [-0.05, 0) is 203 Å². The maximum Gasteiger partial charge on any atom is 0.357 e. The van der Waals surface area contributed by atoms with Gasteiger partial charge in [0.2, 0.25) is 71.2 Å². The number of carboxylic acids is 1. The first-order chi connectivity index (χ1) is 69.9. The van der Waals surface area contributed by atoms with Crippen LogP contribution in [0.3, 0.4) is 0 Å². The summed E-state index contributed by atoms with van der Waals surface area (Å²) >= 11 is 6.07. The number of aromatic nitrogens is 24. The van der Waals surface area contributed by atoms with Gasteiger partial charge in [-0.15, -0.1) is 0 Å². The van der Waals surface area contributed by atoms with E-state index in [9.17, 15) is 77.7 Å². The predicted molar refractivity (Wildman–Crippen MR) is 526 cm³/mol. The molecule has 0 spiro atoms. The highest BCUT2D eigenvalue weighted by atomic mass is 35.5. The lowest BCUT2D eigenvalue weighted by Crippen LogP contribution is -2.32. The van der Waals surface area contributed by atoms with E-state index >= 15 is 0 Å². The molecule has 12 aromatic rings. The number of hydrogen-bond acceptors (Lipinski definition) is 30. The Labute approximate surface area is 851 Å². The zero-order valence-electron chi connectivity index (χ0n) is 84.6. The molecular weight excluding hydrogens is 1970 g/mol. The second-order valence-corrected chi connectivity index (χ2v) is 38.6. The van der Waals surface area contributed by atoms with E-state index in [0.717, 1.165) is 68.3 Å². The number of ether oxygens (including phenoxy) is 2. The molecule has 50 heteroatoms. The average molecular weight is 2090 g/mol.